The molecule has 0 fully saturated rings. The molecule has 8 nitrogen and oxygen atoms in total. The summed E-state index contributed by atoms with van der Waals surface area (Å²) >= 11 is 0. The first-order valence-electron chi connectivity index (χ1n) is 8.13. The summed E-state index contributed by atoms with van der Waals surface area (Å²) in [6.07, 6.45) is 2.66. The maximum absolute atomic E-state index is 5.24. The molecule has 3 heterocycles. The van der Waals surface area contributed by atoms with Crippen LogP contribution < -0.4 is 5.32 Å². The number of hydrogen-bond acceptors (Lipinski definition) is 7. The number of aryl methyl sites for hydroxylation is 1. The molecule has 0 saturated carbocycles. The van der Waals surface area contributed by atoms with Crippen molar-refractivity contribution in [1.29, 1.82) is 0 Å². The lowest BCUT2D eigenvalue weighted by atomic mass is 10.1. The van der Waals surface area contributed by atoms with Crippen LogP contribution >= 0.6 is 0 Å². The smallest absolute Gasteiger partial charge is 0.240 e. The van der Waals surface area contributed by atoms with Gasteiger partial charge in [0.25, 0.3) is 0 Å². The number of aromatic nitrogens is 5. The van der Waals surface area contributed by atoms with Gasteiger partial charge < -0.3 is 14.6 Å². The Morgan fingerprint density at radius 3 is 3.04 bits per heavy atom. The van der Waals surface area contributed by atoms with E-state index in [1.807, 2.05) is 4.68 Å². The first-order valence-corrected chi connectivity index (χ1v) is 8.13. The van der Waals surface area contributed by atoms with Crippen molar-refractivity contribution in [1.82, 2.24) is 30.2 Å². The normalized spacial score (nSPS) is 17.7. The van der Waals surface area contributed by atoms with E-state index in [0.717, 1.165) is 31.0 Å². The highest BCUT2D eigenvalue weighted by atomic mass is 16.5. The van der Waals surface area contributed by atoms with Gasteiger partial charge in [0.15, 0.2) is 11.6 Å². The molecular formula is C15H24N6O2. The Kier molecular flexibility index (Phi) is 5.02. The first kappa shape index (κ1) is 16.1. The molecule has 2 aromatic heterocycles. The van der Waals surface area contributed by atoms with E-state index in [1.165, 1.54) is 0 Å². The fourth-order valence-corrected chi connectivity index (χ4v) is 2.63. The molecule has 2 aromatic rings. The minimum atomic E-state index is 0.346. The van der Waals surface area contributed by atoms with Crippen LogP contribution in [0.2, 0.25) is 0 Å². The van der Waals surface area contributed by atoms with E-state index >= 15 is 0 Å². The third kappa shape index (κ3) is 3.94. The molecule has 0 aliphatic carbocycles. The van der Waals surface area contributed by atoms with E-state index in [-0.39, 0.29) is 0 Å². The Morgan fingerprint density at radius 2 is 2.26 bits per heavy atom. The summed E-state index contributed by atoms with van der Waals surface area (Å²) in [6, 6.07) is 0.346. The lowest BCUT2D eigenvalue weighted by Gasteiger charge is -2.22. The zero-order valence-corrected chi connectivity index (χ0v) is 13.9. The Morgan fingerprint density at radius 1 is 1.39 bits per heavy atom. The minimum absolute atomic E-state index is 0.346. The van der Waals surface area contributed by atoms with Crippen molar-refractivity contribution in [2.75, 3.05) is 13.7 Å². The molecule has 23 heavy (non-hydrogen) atoms. The summed E-state index contributed by atoms with van der Waals surface area (Å²) in [5, 5.41) is 12.0. The minimum Gasteiger partial charge on any atom is -0.384 e. The van der Waals surface area contributed by atoms with Crippen molar-refractivity contribution in [2.24, 2.45) is 0 Å². The van der Waals surface area contributed by atoms with Crippen LogP contribution in [0.1, 0.15) is 49.6 Å². The van der Waals surface area contributed by atoms with Gasteiger partial charge in [0.2, 0.25) is 5.89 Å². The molecule has 0 unspecified atom stereocenters. The maximum Gasteiger partial charge on any atom is 0.240 e. The topological polar surface area (TPSA) is 90.9 Å². The van der Waals surface area contributed by atoms with Gasteiger partial charge in [0.1, 0.15) is 5.82 Å². The van der Waals surface area contributed by atoms with Crippen LogP contribution in [0.3, 0.4) is 0 Å². The van der Waals surface area contributed by atoms with Crippen molar-refractivity contribution in [2.45, 2.75) is 58.2 Å². The van der Waals surface area contributed by atoms with Crippen LogP contribution in [-0.4, -0.2) is 44.7 Å². The van der Waals surface area contributed by atoms with E-state index in [1.54, 1.807) is 7.11 Å². The van der Waals surface area contributed by atoms with Crippen molar-refractivity contribution >= 4 is 0 Å². The lowest BCUT2D eigenvalue weighted by Crippen LogP contribution is -2.37. The molecule has 0 aromatic carbocycles. The average molecular weight is 320 g/mol. The molecule has 0 amide bonds. The van der Waals surface area contributed by atoms with Gasteiger partial charge in [-0.2, -0.15) is 10.1 Å². The SMILES string of the molecule is COCCc1noc(CN[C@@H]2CCc3nc(C(C)C)nn3C2)n1. The molecule has 0 radical (unpaired) electrons. The second-order valence-electron chi connectivity index (χ2n) is 6.19. The Hall–Kier alpha value is -1.80. The van der Waals surface area contributed by atoms with Crippen molar-refractivity contribution < 1.29 is 9.26 Å². The van der Waals surface area contributed by atoms with E-state index in [0.29, 0.717) is 43.2 Å². The maximum atomic E-state index is 5.24. The van der Waals surface area contributed by atoms with Gasteiger partial charge in [-0.3, -0.25) is 0 Å². The van der Waals surface area contributed by atoms with Gasteiger partial charge in [-0.05, 0) is 6.42 Å². The molecule has 1 N–H and O–H groups in total. The van der Waals surface area contributed by atoms with Crippen LogP contribution in [-0.2, 0) is 30.7 Å². The van der Waals surface area contributed by atoms with Crippen molar-refractivity contribution in [3.8, 4) is 0 Å². The zero-order valence-electron chi connectivity index (χ0n) is 13.9. The summed E-state index contributed by atoms with van der Waals surface area (Å²) in [5.41, 5.74) is 0. The van der Waals surface area contributed by atoms with Gasteiger partial charge in [0.05, 0.1) is 19.7 Å². The van der Waals surface area contributed by atoms with Gasteiger partial charge >= 0.3 is 0 Å². The highest BCUT2D eigenvalue weighted by Gasteiger charge is 2.22. The van der Waals surface area contributed by atoms with Crippen LogP contribution in [0.15, 0.2) is 4.52 Å². The molecule has 8 heteroatoms. The summed E-state index contributed by atoms with van der Waals surface area (Å²) in [7, 11) is 1.66. The Bertz CT molecular complexity index is 636. The molecule has 1 aliphatic rings. The molecule has 0 saturated heterocycles. The molecule has 0 spiro atoms. The monoisotopic (exact) mass is 320 g/mol. The highest BCUT2D eigenvalue weighted by molar-refractivity contribution is 5.01. The average Bonchev–Trinajstić information content (AvgIpc) is 3.17. The highest BCUT2D eigenvalue weighted by Crippen LogP contribution is 2.17. The summed E-state index contributed by atoms with van der Waals surface area (Å²) < 4.78 is 12.3. The number of rotatable bonds is 7. The van der Waals surface area contributed by atoms with E-state index in [9.17, 15) is 0 Å². The number of ether oxygens (including phenoxy) is 1. The quantitative estimate of drug-likeness (QED) is 0.816. The third-order valence-electron chi connectivity index (χ3n) is 3.97. The summed E-state index contributed by atoms with van der Waals surface area (Å²) in [4.78, 5) is 8.95. The van der Waals surface area contributed by atoms with Crippen LogP contribution in [0.4, 0.5) is 0 Å². The van der Waals surface area contributed by atoms with Crippen LogP contribution in [0.25, 0.3) is 0 Å². The number of nitrogens with one attached hydrogen (secondary N) is 1. The molecule has 0 bridgehead atoms. The van der Waals surface area contributed by atoms with Gasteiger partial charge in [-0.1, -0.05) is 19.0 Å². The molecule has 3 rings (SSSR count). The molecule has 126 valence electrons. The van der Waals surface area contributed by atoms with Crippen molar-refractivity contribution in [3.05, 3.63) is 23.4 Å². The number of nitrogens with zero attached hydrogens (tertiary/aromatic N) is 5. The molecular weight excluding hydrogens is 296 g/mol. The zero-order chi connectivity index (χ0) is 16.2. The number of methoxy groups -OCH3 is 1. The van der Waals surface area contributed by atoms with Crippen LogP contribution in [0.5, 0.6) is 0 Å². The predicted octanol–water partition coefficient (Wildman–Crippen LogP) is 1.08. The van der Waals surface area contributed by atoms with E-state index in [4.69, 9.17) is 9.26 Å². The molecule has 1 atom stereocenters. The van der Waals surface area contributed by atoms with Gasteiger partial charge in [0, 0.05) is 31.9 Å². The van der Waals surface area contributed by atoms with Gasteiger partial charge in [-0.25, -0.2) is 9.67 Å². The van der Waals surface area contributed by atoms with Gasteiger partial charge in [-0.15, -0.1) is 0 Å². The third-order valence-corrected chi connectivity index (χ3v) is 3.97. The van der Waals surface area contributed by atoms with Crippen molar-refractivity contribution in [3.63, 3.8) is 0 Å². The second-order valence-corrected chi connectivity index (χ2v) is 6.19. The summed E-state index contributed by atoms with van der Waals surface area (Å²) in [5.74, 6) is 3.69. The van der Waals surface area contributed by atoms with E-state index in [2.05, 4.69) is 39.4 Å². The lowest BCUT2D eigenvalue weighted by molar-refractivity contribution is 0.199. The number of fused-ring (bicyclic) bond motifs is 1. The molecule has 1 aliphatic heterocycles. The largest absolute Gasteiger partial charge is 0.384 e. The standard InChI is InChI=1S/C15H24N6O2/c1-10(2)15-18-13-5-4-11(9-21(13)19-15)16-8-14-17-12(20-23-14)6-7-22-3/h10-11,16H,4-9H2,1-3H3/t11-/m1/s1. The van der Waals surface area contributed by atoms with Crippen LogP contribution in [0, 0.1) is 0 Å². The first-order chi connectivity index (χ1) is 11.2. The predicted molar refractivity (Wildman–Crippen MR) is 82.9 cm³/mol. The Balaban J connectivity index is 1.52. The number of hydrogen-bond donors (Lipinski definition) is 1. The fourth-order valence-electron chi connectivity index (χ4n) is 2.63. The Labute approximate surface area is 135 Å². The second kappa shape index (κ2) is 7.18. The van der Waals surface area contributed by atoms with E-state index < -0.39 is 0 Å². The fraction of sp³-hybridized carbons (Fsp3) is 0.733. The summed E-state index contributed by atoms with van der Waals surface area (Å²) in [6.45, 7) is 6.25.